The van der Waals surface area contributed by atoms with Gasteiger partial charge in [0.15, 0.2) is 5.76 Å². The molecule has 1 saturated carbocycles. The van der Waals surface area contributed by atoms with E-state index in [-0.39, 0.29) is 30.2 Å². The van der Waals surface area contributed by atoms with Crippen molar-refractivity contribution in [2.45, 2.75) is 28.7 Å². The number of carbonyl (C=O) groups is 3. The minimum atomic E-state index is -0.451. The van der Waals surface area contributed by atoms with E-state index in [9.17, 15) is 14.4 Å². The van der Waals surface area contributed by atoms with E-state index >= 15 is 0 Å². The molecule has 2 aliphatic rings. The molecule has 0 bridgehead atoms. The zero-order valence-electron chi connectivity index (χ0n) is 16.5. The number of fused-ring (bicyclic) bond motifs is 2. The van der Waals surface area contributed by atoms with Crippen LogP contribution in [0.1, 0.15) is 33.8 Å². The summed E-state index contributed by atoms with van der Waals surface area (Å²) in [5, 5.41) is 5.33. The first-order chi connectivity index (χ1) is 15.1. The molecule has 3 amide bonds. The summed E-state index contributed by atoms with van der Waals surface area (Å²) >= 11 is 1.52. The molecule has 0 radical (unpaired) electrons. The van der Waals surface area contributed by atoms with Gasteiger partial charge in [0.2, 0.25) is 5.91 Å². The average molecular weight is 433 g/mol. The maximum atomic E-state index is 13.2. The lowest BCUT2D eigenvalue weighted by molar-refractivity contribution is -0.115. The number of carbonyl (C=O) groups excluding carboxylic acids is 3. The number of hydrogen-bond acceptors (Lipinski definition) is 5. The fourth-order valence-corrected chi connectivity index (χ4v) is 4.62. The van der Waals surface area contributed by atoms with Crippen LogP contribution in [0.4, 0.5) is 11.4 Å². The van der Waals surface area contributed by atoms with E-state index in [2.05, 4.69) is 10.6 Å². The molecule has 2 N–H and O–H groups in total. The number of furan rings is 1. The Labute approximate surface area is 182 Å². The summed E-state index contributed by atoms with van der Waals surface area (Å²) in [5.74, 6) is -0.638. The van der Waals surface area contributed by atoms with Crippen LogP contribution < -0.4 is 15.5 Å². The van der Waals surface area contributed by atoms with Gasteiger partial charge in [0.1, 0.15) is 0 Å². The number of benzene rings is 2. The Morgan fingerprint density at radius 3 is 2.68 bits per heavy atom. The molecule has 3 aromatic rings. The first-order valence-corrected chi connectivity index (χ1v) is 10.8. The molecule has 0 unspecified atom stereocenters. The SMILES string of the molecule is O=C(CNC(=O)c1ccco1)Nc1ccc2c(c1)Sc1ccccc1C(=O)N2C1CC1. The van der Waals surface area contributed by atoms with Crippen LogP contribution in [0.2, 0.25) is 0 Å². The Kier molecular flexibility index (Phi) is 4.99. The highest BCUT2D eigenvalue weighted by atomic mass is 32.2. The van der Waals surface area contributed by atoms with Crippen molar-refractivity contribution in [2.24, 2.45) is 0 Å². The molecule has 1 aromatic heterocycles. The van der Waals surface area contributed by atoms with Crippen LogP contribution in [-0.2, 0) is 4.79 Å². The molecule has 5 rings (SSSR count). The van der Waals surface area contributed by atoms with Gasteiger partial charge in [0.05, 0.1) is 24.1 Å². The fraction of sp³-hybridized carbons (Fsp3) is 0.174. The molecule has 2 aromatic carbocycles. The Morgan fingerprint density at radius 2 is 1.90 bits per heavy atom. The van der Waals surface area contributed by atoms with E-state index < -0.39 is 5.91 Å². The zero-order chi connectivity index (χ0) is 21.4. The Bertz CT molecular complexity index is 1170. The predicted octanol–water partition coefficient (Wildman–Crippen LogP) is 3.92. The minimum Gasteiger partial charge on any atom is -0.459 e. The van der Waals surface area contributed by atoms with Gasteiger partial charge in [0.25, 0.3) is 11.8 Å². The Balaban J connectivity index is 1.35. The van der Waals surface area contributed by atoms with Gasteiger partial charge in [-0.15, -0.1) is 0 Å². The molecular weight excluding hydrogens is 414 g/mol. The van der Waals surface area contributed by atoms with Crippen molar-refractivity contribution in [3.8, 4) is 0 Å². The summed E-state index contributed by atoms with van der Waals surface area (Å²) in [6.07, 6.45) is 3.38. The van der Waals surface area contributed by atoms with Crippen molar-refractivity contribution < 1.29 is 18.8 Å². The van der Waals surface area contributed by atoms with Gasteiger partial charge in [-0.05, 0) is 55.3 Å². The molecule has 0 saturated heterocycles. The topological polar surface area (TPSA) is 91.6 Å². The summed E-state index contributed by atoms with van der Waals surface area (Å²) < 4.78 is 5.01. The molecular formula is C23H19N3O4S. The quantitative estimate of drug-likeness (QED) is 0.636. The van der Waals surface area contributed by atoms with Gasteiger partial charge in [-0.3, -0.25) is 14.4 Å². The van der Waals surface area contributed by atoms with E-state index in [1.54, 1.807) is 12.1 Å². The maximum absolute atomic E-state index is 13.2. The van der Waals surface area contributed by atoms with Crippen molar-refractivity contribution in [3.05, 3.63) is 72.2 Å². The van der Waals surface area contributed by atoms with Crippen LogP contribution in [0, 0.1) is 0 Å². The standard InChI is InChI=1S/C23H19N3O4S/c27-21(13-24-22(28)18-5-3-11-30-18)25-14-7-10-17-20(12-14)31-19-6-2-1-4-16(19)23(29)26(17)15-8-9-15/h1-7,10-12,15H,8-9,13H2,(H,24,28)(H,25,27). The van der Waals surface area contributed by atoms with E-state index in [1.165, 1.54) is 24.1 Å². The van der Waals surface area contributed by atoms with E-state index in [4.69, 9.17) is 4.42 Å². The highest BCUT2D eigenvalue weighted by molar-refractivity contribution is 7.99. The average Bonchev–Trinajstić information content (AvgIpc) is 3.47. The predicted molar refractivity (Wildman–Crippen MR) is 117 cm³/mol. The monoisotopic (exact) mass is 433 g/mol. The van der Waals surface area contributed by atoms with Crippen molar-refractivity contribution >= 4 is 40.9 Å². The lowest BCUT2D eigenvalue weighted by Crippen LogP contribution is -2.33. The number of hydrogen-bond donors (Lipinski definition) is 2. The van der Waals surface area contributed by atoms with Crippen LogP contribution >= 0.6 is 11.8 Å². The van der Waals surface area contributed by atoms with Gasteiger partial charge < -0.3 is 20.0 Å². The lowest BCUT2D eigenvalue weighted by Gasteiger charge is -2.23. The van der Waals surface area contributed by atoms with Crippen LogP contribution in [-0.4, -0.2) is 30.3 Å². The van der Waals surface area contributed by atoms with Crippen LogP contribution in [0.15, 0.2) is 75.1 Å². The van der Waals surface area contributed by atoms with Gasteiger partial charge >= 0.3 is 0 Å². The molecule has 0 spiro atoms. The summed E-state index contributed by atoms with van der Waals surface area (Å²) in [5.41, 5.74) is 2.16. The second-order valence-electron chi connectivity index (χ2n) is 7.40. The summed E-state index contributed by atoms with van der Waals surface area (Å²) in [6, 6.07) is 16.5. The van der Waals surface area contributed by atoms with E-state index in [0.717, 1.165) is 28.3 Å². The Morgan fingerprint density at radius 1 is 1.06 bits per heavy atom. The van der Waals surface area contributed by atoms with Crippen molar-refractivity contribution in [3.63, 3.8) is 0 Å². The molecule has 8 heteroatoms. The molecule has 1 aliphatic carbocycles. The van der Waals surface area contributed by atoms with Crippen molar-refractivity contribution in [2.75, 3.05) is 16.8 Å². The normalized spacial score (nSPS) is 15.0. The maximum Gasteiger partial charge on any atom is 0.287 e. The molecule has 1 fully saturated rings. The molecule has 1 aliphatic heterocycles. The highest BCUT2D eigenvalue weighted by Gasteiger charge is 2.38. The minimum absolute atomic E-state index is 0.0155. The highest BCUT2D eigenvalue weighted by Crippen LogP contribution is 2.46. The first-order valence-electron chi connectivity index (χ1n) is 9.96. The van der Waals surface area contributed by atoms with Crippen LogP contribution in [0.25, 0.3) is 0 Å². The number of anilines is 2. The van der Waals surface area contributed by atoms with Gasteiger partial charge in [0, 0.05) is 21.5 Å². The lowest BCUT2D eigenvalue weighted by atomic mass is 10.1. The smallest absolute Gasteiger partial charge is 0.287 e. The molecule has 2 heterocycles. The Hall–Kier alpha value is -3.52. The third-order valence-electron chi connectivity index (χ3n) is 5.13. The molecule has 7 nitrogen and oxygen atoms in total. The van der Waals surface area contributed by atoms with Crippen LogP contribution in [0.5, 0.6) is 0 Å². The van der Waals surface area contributed by atoms with Gasteiger partial charge in [-0.2, -0.15) is 0 Å². The summed E-state index contributed by atoms with van der Waals surface area (Å²) in [6.45, 7) is -0.181. The first kappa shape index (κ1) is 19.4. The number of nitrogens with one attached hydrogen (secondary N) is 2. The van der Waals surface area contributed by atoms with Gasteiger partial charge in [-0.25, -0.2) is 0 Å². The van der Waals surface area contributed by atoms with Crippen molar-refractivity contribution in [1.29, 1.82) is 0 Å². The fourth-order valence-electron chi connectivity index (χ4n) is 3.52. The van der Waals surface area contributed by atoms with E-state index in [1.807, 2.05) is 41.3 Å². The second-order valence-corrected chi connectivity index (χ2v) is 8.48. The molecule has 31 heavy (non-hydrogen) atoms. The number of rotatable bonds is 5. The molecule has 156 valence electrons. The largest absolute Gasteiger partial charge is 0.459 e. The van der Waals surface area contributed by atoms with E-state index in [0.29, 0.717) is 11.3 Å². The molecule has 0 atom stereocenters. The van der Waals surface area contributed by atoms with Crippen LogP contribution in [0.3, 0.4) is 0 Å². The summed E-state index contributed by atoms with van der Waals surface area (Å²) in [7, 11) is 0. The number of amides is 3. The second kappa shape index (κ2) is 7.96. The van der Waals surface area contributed by atoms with Crippen molar-refractivity contribution in [1.82, 2.24) is 5.32 Å². The summed E-state index contributed by atoms with van der Waals surface area (Å²) in [4.78, 5) is 41.1. The zero-order valence-corrected chi connectivity index (χ0v) is 17.3. The third-order valence-corrected chi connectivity index (χ3v) is 6.25. The number of nitrogens with zero attached hydrogens (tertiary/aromatic N) is 1. The van der Waals surface area contributed by atoms with Gasteiger partial charge in [-0.1, -0.05) is 23.9 Å². The third kappa shape index (κ3) is 3.94.